The Bertz CT molecular complexity index is 440. The van der Waals surface area contributed by atoms with Crippen LogP contribution in [0.1, 0.15) is 5.56 Å². The molecule has 0 aliphatic rings. The van der Waals surface area contributed by atoms with Crippen LogP contribution >= 0.6 is 0 Å². The van der Waals surface area contributed by atoms with E-state index in [9.17, 15) is 14.3 Å². The van der Waals surface area contributed by atoms with Gasteiger partial charge in [0.1, 0.15) is 5.82 Å². The van der Waals surface area contributed by atoms with E-state index in [0.717, 1.165) is 5.56 Å². The van der Waals surface area contributed by atoms with Crippen LogP contribution in [-0.4, -0.2) is 49.5 Å². The van der Waals surface area contributed by atoms with E-state index in [2.05, 4.69) is 5.32 Å². The van der Waals surface area contributed by atoms with Crippen molar-refractivity contribution in [2.45, 2.75) is 13.0 Å². The average Bonchev–Trinajstić information content (AvgIpc) is 2.34. The molecule has 0 saturated carbocycles. The lowest BCUT2D eigenvalue weighted by molar-refractivity contribution is 0.0501. The number of benzene rings is 1. The van der Waals surface area contributed by atoms with Crippen LogP contribution in [0.3, 0.4) is 0 Å². The molecule has 1 aromatic carbocycles. The van der Waals surface area contributed by atoms with Gasteiger partial charge in [0.05, 0.1) is 19.3 Å². The Balaban J connectivity index is 2.61. The number of carbonyl (C=O) groups excluding carboxylic acids is 1. The third-order valence-corrected chi connectivity index (χ3v) is 2.63. The van der Waals surface area contributed by atoms with E-state index in [4.69, 9.17) is 4.74 Å². The summed E-state index contributed by atoms with van der Waals surface area (Å²) >= 11 is 0. The molecule has 0 aliphatic heterocycles. The number of anilines is 1. The number of aryl methyl sites for hydroxylation is 1. The fraction of sp³-hybridized carbons (Fsp3) is 0.462. The molecule has 0 spiro atoms. The summed E-state index contributed by atoms with van der Waals surface area (Å²) in [4.78, 5) is 13.2. The van der Waals surface area contributed by atoms with Gasteiger partial charge >= 0.3 is 6.03 Å². The maximum Gasteiger partial charge on any atom is 0.321 e. The van der Waals surface area contributed by atoms with E-state index in [0.29, 0.717) is 5.69 Å². The van der Waals surface area contributed by atoms with Crippen molar-refractivity contribution in [3.63, 3.8) is 0 Å². The summed E-state index contributed by atoms with van der Waals surface area (Å²) in [6.07, 6.45) is -0.755. The summed E-state index contributed by atoms with van der Waals surface area (Å²) in [7, 11) is 3.02. The monoisotopic (exact) mass is 270 g/mol. The lowest BCUT2D eigenvalue weighted by Gasteiger charge is -2.21. The number of aliphatic hydroxyl groups excluding tert-OH is 1. The molecule has 1 aromatic rings. The average molecular weight is 270 g/mol. The molecule has 19 heavy (non-hydrogen) atoms. The molecular formula is C13H19FN2O3. The molecule has 0 bridgehead atoms. The van der Waals surface area contributed by atoms with Crippen molar-refractivity contribution in [3.05, 3.63) is 29.6 Å². The Morgan fingerprint density at radius 3 is 2.89 bits per heavy atom. The highest BCUT2D eigenvalue weighted by atomic mass is 19.1. The first-order chi connectivity index (χ1) is 8.93. The second-order valence-electron chi connectivity index (χ2n) is 4.38. The topological polar surface area (TPSA) is 61.8 Å². The predicted molar refractivity (Wildman–Crippen MR) is 70.7 cm³/mol. The smallest absolute Gasteiger partial charge is 0.321 e. The molecule has 0 radical (unpaired) electrons. The number of urea groups is 1. The minimum atomic E-state index is -0.755. The Kier molecular flexibility index (Phi) is 5.72. The fourth-order valence-corrected chi connectivity index (χ4v) is 1.58. The van der Waals surface area contributed by atoms with Crippen molar-refractivity contribution >= 4 is 11.7 Å². The van der Waals surface area contributed by atoms with Crippen LogP contribution in [0.15, 0.2) is 18.2 Å². The van der Waals surface area contributed by atoms with E-state index < -0.39 is 18.0 Å². The van der Waals surface area contributed by atoms with Crippen molar-refractivity contribution in [2.75, 3.05) is 32.6 Å². The van der Waals surface area contributed by atoms with Gasteiger partial charge in [-0.3, -0.25) is 0 Å². The number of amides is 2. The van der Waals surface area contributed by atoms with Crippen LogP contribution in [0.4, 0.5) is 14.9 Å². The molecule has 2 N–H and O–H groups in total. The van der Waals surface area contributed by atoms with Gasteiger partial charge in [-0.25, -0.2) is 9.18 Å². The first-order valence-corrected chi connectivity index (χ1v) is 5.89. The molecule has 1 rings (SSSR count). The van der Waals surface area contributed by atoms with Crippen LogP contribution in [0.25, 0.3) is 0 Å². The number of likely N-dealkylation sites (N-methyl/N-ethyl adjacent to an activating group) is 1. The SMILES string of the molecule is COCC(O)CN(C)C(=O)Nc1cc(F)ccc1C. The van der Waals surface area contributed by atoms with Crippen LogP contribution in [-0.2, 0) is 4.74 Å². The van der Waals surface area contributed by atoms with E-state index in [1.54, 1.807) is 20.0 Å². The second-order valence-corrected chi connectivity index (χ2v) is 4.38. The maximum absolute atomic E-state index is 13.1. The summed E-state index contributed by atoms with van der Waals surface area (Å²) in [5.74, 6) is -0.414. The van der Waals surface area contributed by atoms with Crippen LogP contribution in [0.5, 0.6) is 0 Å². The third-order valence-electron chi connectivity index (χ3n) is 2.63. The molecule has 2 amide bonds. The zero-order valence-electron chi connectivity index (χ0n) is 11.3. The highest BCUT2D eigenvalue weighted by Crippen LogP contribution is 2.16. The molecule has 6 heteroatoms. The van der Waals surface area contributed by atoms with Crippen molar-refractivity contribution in [2.24, 2.45) is 0 Å². The Labute approximate surface area is 112 Å². The second kappa shape index (κ2) is 7.06. The summed E-state index contributed by atoms with van der Waals surface area (Å²) in [6.45, 7) is 2.06. The normalized spacial score (nSPS) is 12.1. The molecule has 1 atom stereocenters. The zero-order chi connectivity index (χ0) is 14.4. The van der Waals surface area contributed by atoms with Crippen LogP contribution < -0.4 is 5.32 Å². The van der Waals surface area contributed by atoms with E-state index in [1.807, 2.05) is 0 Å². The summed E-state index contributed by atoms with van der Waals surface area (Å²) in [6, 6.07) is 3.76. The molecule has 5 nitrogen and oxygen atoms in total. The molecule has 0 heterocycles. The van der Waals surface area contributed by atoms with Crippen LogP contribution in [0, 0.1) is 12.7 Å². The van der Waals surface area contributed by atoms with Gasteiger partial charge in [-0.15, -0.1) is 0 Å². The molecule has 0 saturated heterocycles. The molecule has 0 aromatic heterocycles. The van der Waals surface area contributed by atoms with Gasteiger partial charge in [0.2, 0.25) is 0 Å². The molecule has 106 valence electrons. The number of hydrogen-bond acceptors (Lipinski definition) is 3. The highest BCUT2D eigenvalue weighted by molar-refractivity contribution is 5.89. The number of nitrogens with zero attached hydrogens (tertiary/aromatic N) is 1. The first kappa shape index (κ1) is 15.4. The van der Waals surface area contributed by atoms with Crippen molar-refractivity contribution < 1.29 is 19.0 Å². The molecule has 0 aliphatic carbocycles. The molecule has 1 unspecified atom stereocenters. The minimum Gasteiger partial charge on any atom is -0.389 e. The minimum absolute atomic E-state index is 0.133. The van der Waals surface area contributed by atoms with Gasteiger partial charge in [-0.2, -0.15) is 0 Å². The van der Waals surface area contributed by atoms with Crippen molar-refractivity contribution in [1.82, 2.24) is 4.90 Å². The number of nitrogens with one attached hydrogen (secondary N) is 1. The van der Waals surface area contributed by atoms with Gasteiger partial charge in [-0.05, 0) is 24.6 Å². The van der Waals surface area contributed by atoms with E-state index >= 15 is 0 Å². The third kappa shape index (κ3) is 4.84. The maximum atomic E-state index is 13.1. The zero-order valence-corrected chi connectivity index (χ0v) is 11.3. The summed E-state index contributed by atoms with van der Waals surface area (Å²) in [5, 5.41) is 12.1. The Hall–Kier alpha value is -1.66. The van der Waals surface area contributed by atoms with E-state index in [-0.39, 0.29) is 13.2 Å². The van der Waals surface area contributed by atoms with Crippen LogP contribution in [0.2, 0.25) is 0 Å². The molecule has 0 fully saturated rings. The first-order valence-electron chi connectivity index (χ1n) is 5.89. The summed E-state index contributed by atoms with van der Waals surface area (Å²) < 4.78 is 17.9. The van der Waals surface area contributed by atoms with Gasteiger partial charge in [0, 0.05) is 19.8 Å². The van der Waals surface area contributed by atoms with Gasteiger partial charge in [0.25, 0.3) is 0 Å². The Morgan fingerprint density at radius 1 is 1.58 bits per heavy atom. The lowest BCUT2D eigenvalue weighted by Crippen LogP contribution is -2.38. The summed E-state index contributed by atoms with van der Waals surface area (Å²) in [5.41, 5.74) is 1.18. The fourth-order valence-electron chi connectivity index (χ4n) is 1.58. The van der Waals surface area contributed by atoms with Gasteiger partial charge in [-0.1, -0.05) is 6.07 Å². The number of hydrogen-bond donors (Lipinski definition) is 2. The molecular weight excluding hydrogens is 251 g/mol. The highest BCUT2D eigenvalue weighted by Gasteiger charge is 2.14. The lowest BCUT2D eigenvalue weighted by atomic mass is 10.2. The number of methoxy groups -OCH3 is 1. The number of carbonyl (C=O) groups is 1. The number of ether oxygens (including phenoxy) is 1. The largest absolute Gasteiger partial charge is 0.389 e. The van der Waals surface area contributed by atoms with E-state index in [1.165, 1.54) is 24.1 Å². The standard InChI is InChI=1S/C13H19FN2O3/c1-9-4-5-10(14)6-12(9)15-13(18)16(2)7-11(17)8-19-3/h4-6,11,17H,7-8H2,1-3H3,(H,15,18). The van der Waals surface area contributed by atoms with Gasteiger partial charge in [0.15, 0.2) is 0 Å². The Morgan fingerprint density at radius 2 is 2.26 bits per heavy atom. The predicted octanol–water partition coefficient (Wildman–Crippen LogP) is 1.61. The number of rotatable bonds is 5. The number of aliphatic hydroxyl groups is 1. The van der Waals surface area contributed by atoms with Crippen molar-refractivity contribution in [1.29, 1.82) is 0 Å². The quantitative estimate of drug-likeness (QED) is 0.854. The van der Waals surface area contributed by atoms with Gasteiger partial charge < -0.3 is 20.1 Å². The number of halogens is 1. The van der Waals surface area contributed by atoms with Crippen molar-refractivity contribution in [3.8, 4) is 0 Å².